The van der Waals surface area contributed by atoms with E-state index in [1.807, 2.05) is 18.7 Å². The Kier molecular flexibility index (Phi) is 8.00. The number of hydrogen-bond donors (Lipinski definition) is 3. The Morgan fingerprint density at radius 1 is 1.17 bits per heavy atom. The third kappa shape index (κ3) is 5.74. The third-order valence-electron chi connectivity index (χ3n) is 4.12. The second kappa shape index (κ2) is 9.01. The van der Waals surface area contributed by atoms with Gasteiger partial charge < -0.3 is 15.3 Å². The number of carboxylic acids is 1. The minimum atomic E-state index is -1.04. The topological polar surface area (TPSA) is 109 Å². The van der Waals surface area contributed by atoms with Crippen molar-refractivity contribution < 1.29 is 19.5 Å². The molecule has 2 amide bonds. The van der Waals surface area contributed by atoms with E-state index in [2.05, 4.69) is 10.6 Å². The molecule has 2 rings (SSSR count). The number of hydrogen-bond acceptors (Lipinski definition) is 4. The standard InChI is InChI=1S/C15H25N3O4.Na.H/c1-9(2)8-10(14(20)18-6-4-3-5-7-18)16-13(19)11-12(17-11)15(21)22;;/h9-12,17H,3-8H2,1-2H3,(H,16,19)(H,21,22);;/t10-,11-,12-;;/m0../s1. The summed E-state index contributed by atoms with van der Waals surface area (Å²) in [6.07, 6.45) is 3.70. The Labute approximate surface area is 158 Å². The van der Waals surface area contributed by atoms with Crippen LogP contribution in [0.4, 0.5) is 0 Å². The molecule has 2 fully saturated rings. The van der Waals surface area contributed by atoms with E-state index in [4.69, 9.17) is 5.11 Å². The predicted octanol–water partition coefficient (Wildman–Crippen LogP) is -0.694. The second-order valence-electron chi connectivity index (χ2n) is 6.54. The van der Waals surface area contributed by atoms with Crippen LogP contribution in [-0.4, -0.2) is 88.6 Å². The Hall–Kier alpha value is -0.630. The van der Waals surface area contributed by atoms with Crippen molar-refractivity contribution in [2.75, 3.05) is 13.1 Å². The molecule has 23 heavy (non-hydrogen) atoms. The molecule has 0 aromatic rings. The zero-order valence-electron chi connectivity index (χ0n) is 13.2. The average molecular weight is 335 g/mol. The van der Waals surface area contributed by atoms with Gasteiger partial charge in [0.05, 0.1) is 0 Å². The maximum absolute atomic E-state index is 12.6. The molecule has 0 aromatic heterocycles. The minimum absolute atomic E-state index is 0. The molecule has 2 saturated heterocycles. The van der Waals surface area contributed by atoms with Crippen LogP contribution in [-0.2, 0) is 14.4 Å². The van der Waals surface area contributed by atoms with Crippen molar-refractivity contribution in [1.82, 2.24) is 15.5 Å². The van der Waals surface area contributed by atoms with Crippen LogP contribution in [0.1, 0.15) is 39.5 Å². The number of rotatable bonds is 6. The summed E-state index contributed by atoms with van der Waals surface area (Å²) in [5, 5.41) is 14.2. The van der Waals surface area contributed by atoms with Gasteiger partial charge in [0, 0.05) is 13.1 Å². The molecule has 7 nitrogen and oxygen atoms in total. The zero-order chi connectivity index (χ0) is 16.3. The van der Waals surface area contributed by atoms with Gasteiger partial charge in [-0.3, -0.25) is 19.7 Å². The van der Waals surface area contributed by atoms with Gasteiger partial charge in [0.1, 0.15) is 18.1 Å². The molecule has 3 atom stereocenters. The molecule has 0 unspecified atom stereocenters. The van der Waals surface area contributed by atoms with E-state index in [1.54, 1.807) is 0 Å². The monoisotopic (exact) mass is 335 g/mol. The molecule has 2 aliphatic rings. The molecule has 2 heterocycles. The van der Waals surface area contributed by atoms with E-state index >= 15 is 0 Å². The average Bonchev–Trinajstić information content (AvgIpc) is 3.27. The Balaban J connectivity index is 0.00000264. The molecule has 3 N–H and O–H groups in total. The summed E-state index contributed by atoms with van der Waals surface area (Å²) in [6, 6.07) is -2.12. The summed E-state index contributed by atoms with van der Waals surface area (Å²) in [7, 11) is 0. The third-order valence-corrected chi connectivity index (χ3v) is 4.12. The van der Waals surface area contributed by atoms with Crippen molar-refractivity contribution in [1.29, 1.82) is 0 Å². The predicted molar refractivity (Wildman–Crippen MR) is 87.3 cm³/mol. The van der Waals surface area contributed by atoms with Crippen molar-refractivity contribution in [3.8, 4) is 0 Å². The molecule has 126 valence electrons. The summed E-state index contributed by atoms with van der Waals surface area (Å²) < 4.78 is 0. The summed E-state index contributed by atoms with van der Waals surface area (Å²) in [6.45, 7) is 5.47. The molecular formula is C15H26N3NaO4. The molecule has 2 aliphatic heterocycles. The van der Waals surface area contributed by atoms with Crippen molar-refractivity contribution >= 4 is 47.3 Å². The van der Waals surface area contributed by atoms with Gasteiger partial charge in [-0.1, -0.05) is 13.8 Å². The number of nitrogens with zero attached hydrogens (tertiary/aromatic N) is 1. The number of amides is 2. The van der Waals surface area contributed by atoms with Gasteiger partial charge in [-0.2, -0.15) is 0 Å². The van der Waals surface area contributed by atoms with Crippen LogP contribution in [0.3, 0.4) is 0 Å². The van der Waals surface area contributed by atoms with Crippen molar-refractivity contribution in [2.24, 2.45) is 5.92 Å². The van der Waals surface area contributed by atoms with Gasteiger partial charge in [0.25, 0.3) is 0 Å². The first-order valence-corrected chi connectivity index (χ1v) is 7.98. The van der Waals surface area contributed by atoms with Crippen LogP contribution in [0.25, 0.3) is 0 Å². The normalized spacial score (nSPS) is 24.6. The zero-order valence-corrected chi connectivity index (χ0v) is 13.2. The second-order valence-corrected chi connectivity index (χ2v) is 6.54. The van der Waals surface area contributed by atoms with Crippen LogP contribution in [0.2, 0.25) is 0 Å². The van der Waals surface area contributed by atoms with Crippen LogP contribution < -0.4 is 10.6 Å². The Morgan fingerprint density at radius 3 is 2.26 bits per heavy atom. The fraction of sp³-hybridized carbons (Fsp3) is 0.800. The molecular weight excluding hydrogens is 309 g/mol. The van der Waals surface area contributed by atoms with Gasteiger partial charge in [0.15, 0.2) is 0 Å². The number of carboxylic acid groups (broad SMARTS) is 1. The molecule has 0 radical (unpaired) electrons. The van der Waals surface area contributed by atoms with Gasteiger partial charge >= 0.3 is 35.5 Å². The summed E-state index contributed by atoms with van der Waals surface area (Å²) in [5.41, 5.74) is 0. The van der Waals surface area contributed by atoms with Gasteiger partial charge in [0.2, 0.25) is 11.8 Å². The van der Waals surface area contributed by atoms with Crippen LogP contribution in [0.15, 0.2) is 0 Å². The fourth-order valence-corrected chi connectivity index (χ4v) is 2.87. The van der Waals surface area contributed by atoms with Crippen LogP contribution in [0.5, 0.6) is 0 Å². The SMILES string of the molecule is CC(C)C[C@H](NC(=O)[C@H]1N[C@@H]1C(=O)O)C(=O)N1CCCCC1.[NaH]. The number of carbonyl (C=O) groups excluding carboxylic acids is 2. The van der Waals surface area contributed by atoms with Gasteiger partial charge in [-0.25, -0.2) is 0 Å². The van der Waals surface area contributed by atoms with Crippen molar-refractivity contribution in [3.05, 3.63) is 0 Å². The first-order chi connectivity index (χ1) is 10.4. The van der Waals surface area contributed by atoms with E-state index in [0.29, 0.717) is 6.42 Å². The van der Waals surface area contributed by atoms with E-state index in [-0.39, 0.29) is 41.4 Å². The molecule has 0 aliphatic carbocycles. The van der Waals surface area contributed by atoms with Gasteiger partial charge in [-0.15, -0.1) is 0 Å². The van der Waals surface area contributed by atoms with Crippen molar-refractivity contribution in [2.45, 2.75) is 57.7 Å². The van der Waals surface area contributed by atoms with Crippen LogP contribution >= 0.6 is 0 Å². The summed E-state index contributed by atoms with van der Waals surface area (Å²) >= 11 is 0. The Bertz CT molecular complexity index is 452. The molecule has 0 bridgehead atoms. The molecule has 0 spiro atoms. The molecule has 0 saturated carbocycles. The number of carbonyl (C=O) groups is 3. The Morgan fingerprint density at radius 2 is 1.78 bits per heavy atom. The molecule has 8 heteroatoms. The van der Waals surface area contributed by atoms with Crippen LogP contribution in [0, 0.1) is 5.92 Å². The number of piperidine rings is 1. The maximum atomic E-state index is 12.6. The van der Waals surface area contributed by atoms with Gasteiger partial charge in [-0.05, 0) is 31.6 Å². The number of likely N-dealkylation sites (tertiary alicyclic amines) is 1. The fourth-order valence-electron chi connectivity index (χ4n) is 2.87. The summed E-state index contributed by atoms with van der Waals surface area (Å²) in [5.74, 6) is -1.22. The van der Waals surface area contributed by atoms with Crippen molar-refractivity contribution in [3.63, 3.8) is 0 Å². The first-order valence-electron chi connectivity index (χ1n) is 7.98. The molecule has 0 aromatic carbocycles. The number of nitrogens with one attached hydrogen (secondary N) is 2. The number of aliphatic carboxylic acids is 1. The first kappa shape index (κ1) is 20.4. The summed E-state index contributed by atoms with van der Waals surface area (Å²) in [4.78, 5) is 37.3. The quantitative estimate of drug-likeness (QED) is 0.440. The van der Waals surface area contributed by atoms with E-state index in [9.17, 15) is 14.4 Å². The van der Waals surface area contributed by atoms with E-state index in [0.717, 1.165) is 32.4 Å². The van der Waals surface area contributed by atoms with E-state index < -0.39 is 30.0 Å². The van der Waals surface area contributed by atoms with E-state index in [1.165, 1.54) is 0 Å².